The molecule has 8 heteroatoms. The highest BCUT2D eigenvalue weighted by Gasteiger charge is 2.35. The molecule has 0 spiro atoms. The van der Waals surface area contributed by atoms with Crippen LogP contribution in [0.25, 0.3) is 11.3 Å². The van der Waals surface area contributed by atoms with Gasteiger partial charge in [-0.3, -0.25) is 4.79 Å². The van der Waals surface area contributed by atoms with Gasteiger partial charge in [0.15, 0.2) is 0 Å². The van der Waals surface area contributed by atoms with Crippen LogP contribution in [0, 0.1) is 0 Å². The third kappa shape index (κ3) is 4.98. The fraction of sp³-hybridized carbons (Fsp3) is 0.412. The zero-order valence-corrected chi connectivity index (χ0v) is 13.9. The molecule has 0 unspecified atom stereocenters. The Morgan fingerprint density at radius 2 is 2.04 bits per heavy atom. The molecule has 1 aromatic carbocycles. The largest absolute Gasteiger partial charge is 0.494 e. The number of nitrogens with zero attached hydrogens (tertiary/aromatic N) is 1. The third-order valence-corrected chi connectivity index (χ3v) is 3.31. The van der Waals surface area contributed by atoms with E-state index in [9.17, 15) is 18.0 Å². The van der Waals surface area contributed by atoms with Crippen molar-refractivity contribution in [1.29, 1.82) is 0 Å². The van der Waals surface area contributed by atoms with Gasteiger partial charge in [0.05, 0.1) is 18.6 Å². The molecule has 2 rings (SSSR count). The predicted molar refractivity (Wildman–Crippen MR) is 85.1 cm³/mol. The van der Waals surface area contributed by atoms with Crippen LogP contribution in [0.15, 0.2) is 28.8 Å². The molecule has 0 radical (unpaired) electrons. The summed E-state index contributed by atoms with van der Waals surface area (Å²) < 4.78 is 50.4. The number of amides is 1. The Kier molecular flexibility index (Phi) is 6.06. The lowest BCUT2D eigenvalue weighted by Gasteiger charge is -2.13. The van der Waals surface area contributed by atoms with E-state index in [4.69, 9.17) is 9.26 Å². The molecular formula is C17H19F3N2O3. The molecule has 1 N–H and O–H groups in total. The summed E-state index contributed by atoms with van der Waals surface area (Å²) in [5.41, 5.74) is -0.963. The van der Waals surface area contributed by atoms with E-state index in [1.165, 1.54) is 18.2 Å². The maximum atomic E-state index is 13.4. The Labute approximate surface area is 143 Å². The molecular weight excluding hydrogens is 337 g/mol. The lowest BCUT2D eigenvalue weighted by molar-refractivity contribution is -0.137. The summed E-state index contributed by atoms with van der Waals surface area (Å²) in [4.78, 5) is 11.5. The van der Waals surface area contributed by atoms with Gasteiger partial charge in [0.25, 0.3) is 0 Å². The molecule has 0 aliphatic carbocycles. The van der Waals surface area contributed by atoms with Gasteiger partial charge < -0.3 is 14.6 Å². The zero-order chi connectivity index (χ0) is 18.4. The number of rotatable bonds is 7. The highest BCUT2D eigenvalue weighted by atomic mass is 19.4. The number of hydrogen-bond acceptors (Lipinski definition) is 4. The second kappa shape index (κ2) is 8.04. The highest BCUT2D eigenvalue weighted by Crippen LogP contribution is 2.39. The van der Waals surface area contributed by atoms with Crippen LogP contribution in [0.3, 0.4) is 0 Å². The number of benzene rings is 1. The van der Waals surface area contributed by atoms with Crippen LogP contribution >= 0.6 is 0 Å². The van der Waals surface area contributed by atoms with Gasteiger partial charge in [-0.2, -0.15) is 13.2 Å². The Balaban J connectivity index is 2.32. The van der Waals surface area contributed by atoms with Crippen molar-refractivity contribution in [3.63, 3.8) is 0 Å². The van der Waals surface area contributed by atoms with Gasteiger partial charge >= 0.3 is 6.18 Å². The van der Waals surface area contributed by atoms with Gasteiger partial charge in [-0.15, -0.1) is 0 Å². The Morgan fingerprint density at radius 3 is 2.68 bits per heavy atom. The normalized spacial score (nSPS) is 11.4. The van der Waals surface area contributed by atoms with Crippen LogP contribution in [-0.4, -0.2) is 24.2 Å². The van der Waals surface area contributed by atoms with Gasteiger partial charge in [0.1, 0.15) is 17.2 Å². The van der Waals surface area contributed by atoms with Gasteiger partial charge in [-0.05, 0) is 31.5 Å². The second-order valence-corrected chi connectivity index (χ2v) is 5.36. The number of hydrogen-bond donors (Lipinski definition) is 1. The van der Waals surface area contributed by atoms with E-state index in [-0.39, 0.29) is 35.1 Å². The number of halogens is 3. The lowest BCUT2D eigenvalue weighted by atomic mass is 10.0. The fourth-order valence-corrected chi connectivity index (χ4v) is 2.23. The fourth-order valence-electron chi connectivity index (χ4n) is 2.23. The number of carbonyl (C=O) groups excluding carboxylic acids is 1. The van der Waals surface area contributed by atoms with Crippen molar-refractivity contribution in [2.45, 2.75) is 32.9 Å². The molecule has 2 aromatic rings. The topological polar surface area (TPSA) is 64.4 Å². The molecule has 0 atom stereocenters. The van der Waals surface area contributed by atoms with Crippen LogP contribution in [0.1, 0.15) is 31.6 Å². The summed E-state index contributed by atoms with van der Waals surface area (Å²) in [7, 11) is 0. The molecule has 0 saturated carbocycles. The second-order valence-electron chi connectivity index (χ2n) is 5.36. The van der Waals surface area contributed by atoms with Gasteiger partial charge in [0, 0.05) is 18.2 Å². The van der Waals surface area contributed by atoms with Crippen molar-refractivity contribution < 1.29 is 27.2 Å². The van der Waals surface area contributed by atoms with E-state index in [0.29, 0.717) is 19.6 Å². The molecule has 136 valence electrons. The van der Waals surface area contributed by atoms with Gasteiger partial charge in [-0.1, -0.05) is 12.1 Å². The van der Waals surface area contributed by atoms with E-state index in [2.05, 4.69) is 10.5 Å². The first-order chi connectivity index (χ1) is 11.8. The summed E-state index contributed by atoms with van der Waals surface area (Å²) in [5, 5.41) is 6.25. The van der Waals surface area contributed by atoms with E-state index in [0.717, 1.165) is 6.07 Å². The first kappa shape index (κ1) is 18.8. The van der Waals surface area contributed by atoms with E-state index in [1.54, 1.807) is 6.92 Å². The summed E-state index contributed by atoms with van der Waals surface area (Å²) >= 11 is 0. The van der Waals surface area contributed by atoms with Crippen molar-refractivity contribution >= 4 is 5.91 Å². The monoisotopic (exact) mass is 356 g/mol. The van der Waals surface area contributed by atoms with Crippen molar-refractivity contribution in [3.05, 3.63) is 35.6 Å². The third-order valence-electron chi connectivity index (χ3n) is 3.31. The van der Waals surface area contributed by atoms with Crippen LogP contribution in [0.2, 0.25) is 0 Å². The maximum Gasteiger partial charge on any atom is 0.417 e. The summed E-state index contributed by atoms with van der Waals surface area (Å²) in [5.74, 6) is 0.0499. The summed E-state index contributed by atoms with van der Waals surface area (Å²) in [6, 6.07) is 5.04. The predicted octanol–water partition coefficient (Wildman–Crippen LogP) is 3.83. The van der Waals surface area contributed by atoms with Crippen molar-refractivity contribution in [1.82, 2.24) is 10.5 Å². The maximum absolute atomic E-state index is 13.4. The van der Waals surface area contributed by atoms with E-state index < -0.39 is 11.7 Å². The number of likely N-dealkylation sites (N-methyl/N-ethyl adjacent to an activating group) is 1. The number of ether oxygens (including phenoxy) is 1. The average molecular weight is 356 g/mol. The minimum atomic E-state index is -4.57. The lowest BCUT2D eigenvalue weighted by Crippen LogP contribution is -2.24. The highest BCUT2D eigenvalue weighted by molar-refractivity contribution is 5.78. The summed E-state index contributed by atoms with van der Waals surface area (Å²) in [6.07, 6.45) is -3.96. The van der Waals surface area contributed by atoms with Crippen LogP contribution < -0.4 is 10.1 Å². The quantitative estimate of drug-likeness (QED) is 0.819. The minimum absolute atomic E-state index is 0.0219. The first-order valence-electron chi connectivity index (χ1n) is 7.91. The first-order valence-corrected chi connectivity index (χ1v) is 7.91. The molecule has 25 heavy (non-hydrogen) atoms. The van der Waals surface area contributed by atoms with E-state index in [1.807, 2.05) is 6.92 Å². The Morgan fingerprint density at radius 1 is 1.28 bits per heavy atom. The molecule has 0 aliphatic heterocycles. The van der Waals surface area contributed by atoms with Crippen LogP contribution in [0.5, 0.6) is 5.75 Å². The van der Waals surface area contributed by atoms with Crippen LogP contribution in [-0.2, 0) is 17.4 Å². The number of carbonyl (C=O) groups is 1. The number of alkyl halides is 3. The Hall–Kier alpha value is -2.51. The summed E-state index contributed by atoms with van der Waals surface area (Å²) in [6.45, 7) is 4.42. The van der Waals surface area contributed by atoms with Crippen molar-refractivity contribution in [3.8, 4) is 17.0 Å². The molecule has 0 saturated heterocycles. The Bertz CT molecular complexity index is 726. The smallest absolute Gasteiger partial charge is 0.417 e. The molecule has 0 fully saturated rings. The SMILES string of the molecule is CCCOc1ccc(-c2cc(CC(=O)NCC)on2)c(C(F)(F)F)c1. The number of nitrogens with one attached hydrogen (secondary N) is 1. The molecule has 1 aromatic heterocycles. The average Bonchev–Trinajstić information content (AvgIpc) is 3.00. The molecule has 0 aliphatic rings. The molecule has 1 amide bonds. The van der Waals surface area contributed by atoms with E-state index >= 15 is 0 Å². The zero-order valence-electron chi connectivity index (χ0n) is 13.9. The van der Waals surface area contributed by atoms with Gasteiger partial charge in [0.2, 0.25) is 5.91 Å². The standard InChI is InChI=1S/C17H19F3N2O3/c1-3-7-24-11-5-6-13(14(8-11)17(18,19)20)15-9-12(25-22-15)10-16(23)21-4-2/h5-6,8-9H,3-4,7,10H2,1-2H3,(H,21,23). The van der Waals surface area contributed by atoms with Gasteiger partial charge in [-0.25, -0.2) is 0 Å². The molecule has 0 bridgehead atoms. The van der Waals surface area contributed by atoms with Crippen molar-refractivity contribution in [2.24, 2.45) is 0 Å². The molecule has 1 heterocycles. The van der Waals surface area contributed by atoms with Crippen LogP contribution in [0.4, 0.5) is 13.2 Å². The molecule has 5 nitrogen and oxygen atoms in total. The number of aromatic nitrogens is 1. The van der Waals surface area contributed by atoms with Crippen molar-refractivity contribution in [2.75, 3.05) is 13.2 Å². The minimum Gasteiger partial charge on any atom is -0.494 e.